The molecule has 0 aliphatic heterocycles. The van der Waals surface area contributed by atoms with Crippen LogP contribution in [0.2, 0.25) is 0 Å². The lowest BCUT2D eigenvalue weighted by Crippen LogP contribution is -2.07. The molecule has 0 saturated carbocycles. The first-order valence-corrected chi connectivity index (χ1v) is 6.79. The first kappa shape index (κ1) is 14.1. The lowest BCUT2D eigenvalue weighted by molar-refractivity contribution is 0.403. The molecule has 112 valence electrons. The minimum atomic E-state index is -0.372. The molecule has 0 unspecified atom stereocenters. The zero-order valence-electron chi connectivity index (χ0n) is 11.6. The maximum Gasteiger partial charge on any atom is 0.157 e. The summed E-state index contributed by atoms with van der Waals surface area (Å²) >= 11 is 0. The van der Waals surface area contributed by atoms with Crippen LogP contribution in [0.1, 0.15) is 5.56 Å². The Balaban J connectivity index is 1.75. The van der Waals surface area contributed by atoms with Gasteiger partial charge < -0.3 is 15.5 Å². The summed E-state index contributed by atoms with van der Waals surface area (Å²) < 4.78 is 13.9. The number of halogens is 1. The van der Waals surface area contributed by atoms with E-state index in [1.54, 1.807) is 18.2 Å². The second-order valence-electron chi connectivity index (χ2n) is 4.86. The minimum absolute atomic E-state index is 0.152. The summed E-state index contributed by atoms with van der Waals surface area (Å²) in [5.74, 6) is -0.245. The smallest absolute Gasteiger partial charge is 0.157 e. The molecule has 0 spiro atoms. The number of aromatic hydroxyl groups is 2. The van der Waals surface area contributed by atoms with Crippen molar-refractivity contribution in [3.8, 4) is 11.5 Å². The van der Waals surface area contributed by atoms with E-state index in [9.17, 15) is 14.6 Å². The van der Waals surface area contributed by atoms with E-state index < -0.39 is 0 Å². The monoisotopic (exact) mass is 299 g/mol. The molecule has 5 nitrogen and oxygen atoms in total. The van der Waals surface area contributed by atoms with Crippen LogP contribution in [-0.2, 0) is 6.42 Å². The summed E-state index contributed by atoms with van der Waals surface area (Å²) in [4.78, 5) is 8.12. The van der Waals surface area contributed by atoms with Crippen LogP contribution in [0.4, 0.5) is 10.2 Å². The van der Waals surface area contributed by atoms with Crippen LogP contribution in [0.3, 0.4) is 0 Å². The lowest BCUT2D eigenvalue weighted by Gasteiger charge is -2.09. The van der Waals surface area contributed by atoms with Crippen molar-refractivity contribution in [3.05, 3.63) is 54.1 Å². The van der Waals surface area contributed by atoms with Crippen molar-refractivity contribution in [1.82, 2.24) is 9.97 Å². The number of rotatable bonds is 4. The molecule has 3 aromatic rings. The molecular formula is C16H14FN3O2. The molecule has 0 saturated heterocycles. The lowest BCUT2D eigenvalue weighted by atomic mass is 10.1. The fraction of sp³-hybridized carbons (Fsp3) is 0.125. The highest BCUT2D eigenvalue weighted by atomic mass is 19.1. The number of phenolic OH excluding ortho intramolecular Hbond substituents is 2. The second-order valence-corrected chi connectivity index (χ2v) is 4.86. The number of fused-ring (bicyclic) bond motifs is 1. The number of hydrogen-bond donors (Lipinski definition) is 3. The summed E-state index contributed by atoms with van der Waals surface area (Å²) in [5, 5.41) is 22.2. The van der Waals surface area contributed by atoms with E-state index >= 15 is 0 Å². The molecule has 0 atom stereocenters. The molecule has 3 rings (SSSR count). The van der Waals surface area contributed by atoms with Crippen LogP contribution in [0.15, 0.2) is 42.7 Å². The van der Waals surface area contributed by atoms with Crippen LogP contribution in [0.5, 0.6) is 11.5 Å². The molecule has 0 aliphatic rings. The fourth-order valence-corrected chi connectivity index (χ4v) is 2.25. The van der Waals surface area contributed by atoms with Crippen LogP contribution in [-0.4, -0.2) is 26.7 Å². The van der Waals surface area contributed by atoms with E-state index in [1.165, 1.54) is 24.5 Å². The van der Waals surface area contributed by atoms with E-state index in [0.717, 1.165) is 5.56 Å². The van der Waals surface area contributed by atoms with E-state index in [2.05, 4.69) is 15.3 Å². The number of anilines is 1. The van der Waals surface area contributed by atoms with Crippen LogP contribution in [0, 0.1) is 5.82 Å². The van der Waals surface area contributed by atoms with Crippen molar-refractivity contribution < 1.29 is 14.6 Å². The van der Waals surface area contributed by atoms with Gasteiger partial charge in [-0.2, -0.15) is 0 Å². The van der Waals surface area contributed by atoms with Gasteiger partial charge in [0.15, 0.2) is 11.5 Å². The summed E-state index contributed by atoms with van der Waals surface area (Å²) in [6, 6.07) is 9.35. The third-order valence-corrected chi connectivity index (χ3v) is 3.36. The van der Waals surface area contributed by atoms with Gasteiger partial charge in [0, 0.05) is 6.54 Å². The number of hydrogen-bond acceptors (Lipinski definition) is 5. The quantitative estimate of drug-likeness (QED) is 0.646. The normalized spacial score (nSPS) is 10.8. The maximum atomic E-state index is 13.9. The average molecular weight is 299 g/mol. The first-order valence-electron chi connectivity index (χ1n) is 6.79. The Morgan fingerprint density at radius 1 is 1.05 bits per heavy atom. The predicted molar refractivity (Wildman–Crippen MR) is 81.5 cm³/mol. The highest BCUT2D eigenvalue weighted by Crippen LogP contribution is 2.25. The van der Waals surface area contributed by atoms with Crippen molar-refractivity contribution in [2.24, 2.45) is 0 Å². The number of nitrogens with zero attached hydrogens (tertiary/aromatic N) is 2. The molecule has 0 fully saturated rings. The van der Waals surface area contributed by atoms with Gasteiger partial charge in [-0.1, -0.05) is 12.1 Å². The SMILES string of the molecule is Oc1ccc(CCNc2ncnc3cccc(F)c23)cc1O. The highest BCUT2D eigenvalue weighted by Gasteiger charge is 2.08. The summed E-state index contributed by atoms with van der Waals surface area (Å²) in [6.45, 7) is 0.505. The number of benzene rings is 2. The van der Waals surface area contributed by atoms with Gasteiger partial charge >= 0.3 is 0 Å². The predicted octanol–water partition coefficient (Wildman–Crippen LogP) is 2.83. The second kappa shape index (κ2) is 5.85. The summed E-state index contributed by atoms with van der Waals surface area (Å²) in [6.07, 6.45) is 1.98. The molecule has 3 N–H and O–H groups in total. The van der Waals surface area contributed by atoms with E-state index in [0.29, 0.717) is 29.7 Å². The Morgan fingerprint density at radius 3 is 2.73 bits per heavy atom. The summed E-state index contributed by atoms with van der Waals surface area (Å²) in [5.41, 5.74) is 1.39. The standard InChI is InChI=1S/C16H14FN3O2/c17-11-2-1-3-12-15(11)16(20-9-19-12)18-7-6-10-4-5-13(21)14(22)8-10/h1-5,8-9,21-22H,6-7H2,(H,18,19,20). The van der Waals surface area contributed by atoms with Gasteiger partial charge in [0.2, 0.25) is 0 Å². The molecular weight excluding hydrogens is 285 g/mol. The van der Waals surface area contributed by atoms with Crippen molar-refractivity contribution in [2.45, 2.75) is 6.42 Å². The third kappa shape index (κ3) is 2.76. The van der Waals surface area contributed by atoms with Gasteiger partial charge in [0.05, 0.1) is 10.9 Å². The Bertz CT molecular complexity index is 818. The Labute approximate surface area is 126 Å². The minimum Gasteiger partial charge on any atom is -0.504 e. The van der Waals surface area contributed by atoms with Gasteiger partial charge in [-0.15, -0.1) is 0 Å². The zero-order chi connectivity index (χ0) is 15.5. The first-order chi connectivity index (χ1) is 10.6. The topological polar surface area (TPSA) is 78.3 Å². The average Bonchev–Trinajstić information content (AvgIpc) is 2.51. The van der Waals surface area contributed by atoms with Gasteiger partial charge in [-0.25, -0.2) is 14.4 Å². The number of nitrogens with one attached hydrogen (secondary N) is 1. The Kier molecular flexibility index (Phi) is 3.74. The number of aromatic nitrogens is 2. The largest absolute Gasteiger partial charge is 0.504 e. The maximum absolute atomic E-state index is 13.9. The Hall–Kier alpha value is -2.89. The number of phenols is 2. The van der Waals surface area contributed by atoms with E-state index in [1.807, 2.05) is 0 Å². The van der Waals surface area contributed by atoms with Crippen molar-refractivity contribution in [2.75, 3.05) is 11.9 Å². The third-order valence-electron chi connectivity index (χ3n) is 3.36. The van der Waals surface area contributed by atoms with Gasteiger partial charge in [-0.05, 0) is 36.2 Å². The van der Waals surface area contributed by atoms with Crippen LogP contribution >= 0.6 is 0 Å². The van der Waals surface area contributed by atoms with Crippen molar-refractivity contribution in [3.63, 3.8) is 0 Å². The van der Waals surface area contributed by atoms with Crippen molar-refractivity contribution in [1.29, 1.82) is 0 Å². The van der Waals surface area contributed by atoms with Crippen LogP contribution < -0.4 is 5.32 Å². The van der Waals surface area contributed by atoms with Gasteiger partial charge in [0.1, 0.15) is 18.0 Å². The molecule has 2 aromatic carbocycles. The van der Waals surface area contributed by atoms with Crippen LogP contribution in [0.25, 0.3) is 10.9 Å². The molecule has 22 heavy (non-hydrogen) atoms. The van der Waals surface area contributed by atoms with Crippen molar-refractivity contribution >= 4 is 16.7 Å². The molecule has 1 heterocycles. The Morgan fingerprint density at radius 2 is 1.91 bits per heavy atom. The molecule has 0 amide bonds. The molecule has 6 heteroatoms. The van der Waals surface area contributed by atoms with Gasteiger partial charge in [-0.3, -0.25) is 0 Å². The molecule has 0 radical (unpaired) electrons. The summed E-state index contributed by atoms with van der Waals surface area (Å²) in [7, 11) is 0. The van der Waals surface area contributed by atoms with E-state index in [4.69, 9.17) is 0 Å². The molecule has 0 aliphatic carbocycles. The fourth-order valence-electron chi connectivity index (χ4n) is 2.25. The van der Waals surface area contributed by atoms with Gasteiger partial charge in [0.25, 0.3) is 0 Å². The zero-order valence-corrected chi connectivity index (χ0v) is 11.6. The molecule has 1 aromatic heterocycles. The van der Waals surface area contributed by atoms with E-state index in [-0.39, 0.29) is 17.3 Å². The highest BCUT2D eigenvalue weighted by molar-refractivity contribution is 5.89. The molecule has 0 bridgehead atoms.